The van der Waals surface area contributed by atoms with E-state index in [1.165, 1.54) is 6.20 Å². The Hall–Kier alpha value is -2.34. The molecule has 0 N–H and O–H groups in total. The zero-order valence-corrected chi connectivity index (χ0v) is 11.5. The van der Waals surface area contributed by atoms with Gasteiger partial charge in [-0.1, -0.05) is 6.58 Å². The molecule has 0 amide bonds. The molecule has 0 bridgehead atoms. The van der Waals surface area contributed by atoms with E-state index in [0.717, 1.165) is 43.8 Å². The summed E-state index contributed by atoms with van der Waals surface area (Å²) in [6.45, 7) is 7.12. The van der Waals surface area contributed by atoms with Gasteiger partial charge in [-0.3, -0.25) is 0 Å². The number of hydrogen-bond acceptors (Lipinski definition) is 5. The van der Waals surface area contributed by atoms with Crippen LogP contribution in [0.2, 0.25) is 0 Å². The van der Waals surface area contributed by atoms with E-state index in [-0.39, 0.29) is 0 Å². The largest absolute Gasteiger partial charge is 0.431 e. The number of nitrogens with zero attached hydrogens (tertiary/aromatic N) is 3. The summed E-state index contributed by atoms with van der Waals surface area (Å²) in [4.78, 5) is 14.2. The number of carbonyl (C=O) groups is 1. The topological polar surface area (TPSA) is 56.1 Å². The molecule has 2 aliphatic rings. The lowest BCUT2D eigenvalue weighted by Gasteiger charge is -2.56. The van der Waals surface area contributed by atoms with E-state index in [9.17, 15) is 4.79 Å². The highest BCUT2D eigenvalue weighted by Crippen LogP contribution is 2.40. The maximum Gasteiger partial charge on any atom is 0.346 e. The first-order valence-electron chi connectivity index (χ1n) is 6.83. The van der Waals surface area contributed by atoms with Crippen molar-refractivity contribution in [1.82, 2.24) is 9.61 Å². The second-order valence-electron chi connectivity index (χ2n) is 5.69. The summed E-state index contributed by atoms with van der Waals surface area (Å²) in [6.07, 6.45) is 4.51. The maximum atomic E-state index is 11.9. The molecule has 1 spiro atoms. The second-order valence-corrected chi connectivity index (χ2v) is 5.69. The molecule has 4 rings (SSSR count). The van der Waals surface area contributed by atoms with Gasteiger partial charge in [0.25, 0.3) is 0 Å². The van der Waals surface area contributed by atoms with Gasteiger partial charge in [0, 0.05) is 25.0 Å². The van der Waals surface area contributed by atoms with Crippen molar-refractivity contribution in [3.8, 4) is 0 Å². The van der Waals surface area contributed by atoms with Gasteiger partial charge in [0.2, 0.25) is 0 Å². The molecule has 108 valence electrons. The first-order chi connectivity index (χ1) is 10.2. The van der Waals surface area contributed by atoms with Crippen molar-refractivity contribution < 1.29 is 14.3 Å². The molecule has 0 unspecified atom stereocenters. The summed E-state index contributed by atoms with van der Waals surface area (Å²) in [5.41, 5.74) is 2.63. The van der Waals surface area contributed by atoms with E-state index < -0.39 is 5.97 Å². The van der Waals surface area contributed by atoms with E-state index in [2.05, 4.69) is 16.6 Å². The first kappa shape index (κ1) is 12.4. The molecule has 0 atom stereocenters. The third-order valence-corrected chi connectivity index (χ3v) is 4.15. The Morgan fingerprint density at radius 1 is 1.48 bits per heavy atom. The lowest BCUT2D eigenvalue weighted by molar-refractivity contribution is -0.127. The number of pyridine rings is 1. The van der Waals surface area contributed by atoms with Crippen LogP contribution in [0.15, 0.2) is 37.4 Å². The monoisotopic (exact) mass is 285 g/mol. The Balaban J connectivity index is 1.64. The molecule has 4 heterocycles. The molecular formula is C15H15N3O3. The maximum absolute atomic E-state index is 11.9. The van der Waals surface area contributed by atoms with E-state index in [0.29, 0.717) is 11.0 Å². The fourth-order valence-corrected chi connectivity index (χ4v) is 2.98. The van der Waals surface area contributed by atoms with Crippen molar-refractivity contribution in [2.75, 3.05) is 31.2 Å². The van der Waals surface area contributed by atoms with E-state index in [1.54, 1.807) is 4.52 Å². The van der Waals surface area contributed by atoms with Gasteiger partial charge in [-0.25, -0.2) is 9.31 Å². The van der Waals surface area contributed by atoms with Crippen LogP contribution in [0, 0.1) is 5.41 Å². The smallest absolute Gasteiger partial charge is 0.346 e. The number of ether oxygens (including phenoxy) is 2. The zero-order chi connectivity index (χ0) is 14.4. The third-order valence-electron chi connectivity index (χ3n) is 4.15. The summed E-state index contributed by atoms with van der Waals surface area (Å²) in [7, 11) is 0. The predicted molar refractivity (Wildman–Crippen MR) is 76.3 cm³/mol. The molecule has 6 nitrogen and oxygen atoms in total. The standard InChI is InChI=1S/C15H15N3O3/c1-2-21-14(19)12-6-16-18-4-3-11(5-13(12)18)17-7-15(8-17)9-20-10-15/h2-6H,1,7-10H2. The molecule has 0 radical (unpaired) electrons. The van der Waals surface area contributed by atoms with Gasteiger partial charge in [0.1, 0.15) is 5.56 Å². The molecule has 0 aromatic carbocycles. The van der Waals surface area contributed by atoms with Crippen LogP contribution in [0.5, 0.6) is 0 Å². The van der Waals surface area contributed by atoms with Crippen molar-refractivity contribution in [2.24, 2.45) is 5.41 Å². The van der Waals surface area contributed by atoms with Gasteiger partial charge in [-0.05, 0) is 12.1 Å². The Bertz CT molecular complexity index is 725. The van der Waals surface area contributed by atoms with E-state index >= 15 is 0 Å². The summed E-state index contributed by atoms with van der Waals surface area (Å²) in [5.74, 6) is -0.440. The van der Waals surface area contributed by atoms with Crippen LogP contribution in [-0.2, 0) is 9.47 Å². The summed E-state index contributed by atoms with van der Waals surface area (Å²) >= 11 is 0. The molecule has 2 aliphatic heterocycles. The molecular weight excluding hydrogens is 270 g/mol. The molecule has 2 fully saturated rings. The van der Waals surface area contributed by atoms with Gasteiger partial charge in [-0.15, -0.1) is 0 Å². The van der Waals surface area contributed by atoms with E-state index in [1.807, 2.05) is 18.3 Å². The van der Waals surface area contributed by atoms with Crippen molar-refractivity contribution >= 4 is 17.2 Å². The number of aromatic nitrogens is 2. The van der Waals surface area contributed by atoms with Crippen molar-refractivity contribution in [3.63, 3.8) is 0 Å². The zero-order valence-electron chi connectivity index (χ0n) is 11.5. The third kappa shape index (κ3) is 1.83. The molecule has 2 aromatic rings. The van der Waals surface area contributed by atoms with Gasteiger partial charge in [-0.2, -0.15) is 5.10 Å². The van der Waals surface area contributed by atoms with Gasteiger partial charge < -0.3 is 14.4 Å². The average Bonchev–Trinajstić information content (AvgIpc) is 2.79. The lowest BCUT2D eigenvalue weighted by Crippen LogP contribution is -2.66. The molecule has 2 saturated heterocycles. The Morgan fingerprint density at radius 3 is 2.95 bits per heavy atom. The van der Waals surface area contributed by atoms with Crippen LogP contribution in [0.25, 0.3) is 5.52 Å². The number of carbonyl (C=O) groups excluding carboxylic acids is 1. The van der Waals surface area contributed by atoms with Crippen LogP contribution in [0.1, 0.15) is 10.4 Å². The van der Waals surface area contributed by atoms with Gasteiger partial charge >= 0.3 is 5.97 Å². The minimum atomic E-state index is -0.440. The number of esters is 1. The van der Waals surface area contributed by atoms with Gasteiger partial charge in [0.15, 0.2) is 0 Å². The highest BCUT2D eigenvalue weighted by Gasteiger charge is 2.49. The van der Waals surface area contributed by atoms with Crippen LogP contribution in [-0.4, -0.2) is 41.9 Å². The second kappa shape index (κ2) is 4.33. The molecule has 21 heavy (non-hydrogen) atoms. The molecule has 2 aromatic heterocycles. The first-order valence-corrected chi connectivity index (χ1v) is 6.83. The number of anilines is 1. The van der Waals surface area contributed by atoms with Crippen molar-refractivity contribution in [3.05, 3.63) is 42.9 Å². The quantitative estimate of drug-likeness (QED) is 0.631. The van der Waals surface area contributed by atoms with Crippen LogP contribution >= 0.6 is 0 Å². The number of fused-ring (bicyclic) bond motifs is 1. The number of rotatable bonds is 3. The normalized spacial score (nSPS) is 19.1. The van der Waals surface area contributed by atoms with Crippen LogP contribution < -0.4 is 4.90 Å². The molecule has 0 saturated carbocycles. The van der Waals surface area contributed by atoms with Crippen LogP contribution in [0.3, 0.4) is 0 Å². The van der Waals surface area contributed by atoms with Crippen molar-refractivity contribution in [2.45, 2.75) is 0 Å². The van der Waals surface area contributed by atoms with Gasteiger partial charge in [0.05, 0.1) is 36.6 Å². The Morgan fingerprint density at radius 2 is 2.29 bits per heavy atom. The summed E-state index contributed by atoms with van der Waals surface area (Å²) < 4.78 is 11.8. The minimum Gasteiger partial charge on any atom is -0.431 e. The highest BCUT2D eigenvalue weighted by atomic mass is 16.5. The Labute approximate surface area is 121 Å². The molecule has 6 heteroatoms. The average molecular weight is 285 g/mol. The van der Waals surface area contributed by atoms with Crippen molar-refractivity contribution in [1.29, 1.82) is 0 Å². The minimum absolute atomic E-state index is 0.358. The highest BCUT2D eigenvalue weighted by molar-refractivity contribution is 5.97. The SMILES string of the molecule is C=COC(=O)c1cnn2ccc(N3CC4(COC4)C3)cc12. The molecule has 0 aliphatic carbocycles. The fraction of sp³-hybridized carbons (Fsp3) is 0.333. The summed E-state index contributed by atoms with van der Waals surface area (Å²) in [6, 6.07) is 3.98. The fourth-order valence-electron chi connectivity index (χ4n) is 2.98. The summed E-state index contributed by atoms with van der Waals surface area (Å²) in [5, 5.41) is 4.17. The Kier molecular flexibility index (Phi) is 2.56. The predicted octanol–water partition coefficient (Wildman–Crippen LogP) is 1.47. The van der Waals surface area contributed by atoms with Crippen LogP contribution in [0.4, 0.5) is 5.69 Å². The number of hydrogen-bond donors (Lipinski definition) is 0. The van der Waals surface area contributed by atoms with E-state index in [4.69, 9.17) is 9.47 Å². The lowest BCUT2D eigenvalue weighted by atomic mass is 9.78.